The molecule has 18 nitrogen and oxygen atoms in total. The van der Waals surface area contributed by atoms with Crippen molar-refractivity contribution in [2.24, 2.45) is 11.8 Å². The van der Waals surface area contributed by atoms with Crippen LogP contribution in [0.25, 0.3) is 10.9 Å². The van der Waals surface area contributed by atoms with E-state index in [0.717, 1.165) is 33.8 Å². The van der Waals surface area contributed by atoms with Gasteiger partial charge < -0.3 is 50.4 Å². The summed E-state index contributed by atoms with van der Waals surface area (Å²) in [6, 6.07) is 23.6. The number of esters is 1. The van der Waals surface area contributed by atoms with Gasteiger partial charge in [-0.1, -0.05) is 104 Å². The van der Waals surface area contributed by atoms with Gasteiger partial charge in [-0.05, 0) is 48.4 Å². The van der Waals surface area contributed by atoms with E-state index in [2.05, 4.69) is 20.7 Å². The van der Waals surface area contributed by atoms with Gasteiger partial charge in [-0.15, -0.1) is 0 Å². The third-order valence-electron chi connectivity index (χ3n) is 9.94. The monoisotopic (exact) mass is 928 g/mol. The van der Waals surface area contributed by atoms with Gasteiger partial charge in [0.2, 0.25) is 11.8 Å². The summed E-state index contributed by atoms with van der Waals surface area (Å²) in [5, 5.41) is 47.6. The number of fused-ring (bicyclic) bond motifs is 1. The van der Waals surface area contributed by atoms with Gasteiger partial charge in [-0.25, -0.2) is 14.4 Å². The zero-order valence-electron chi connectivity index (χ0n) is 35.9. The van der Waals surface area contributed by atoms with Crippen LogP contribution in [0.15, 0.2) is 91.1 Å². The van der Waals surface area contributed by atoms with Crippen LogP contribution >= 0.6 is 19.5 Å². The second-order valence-electron chi connectivity index (χ2n) is 15.6. The first-order chi connectivity index (χ1) is 30.3. The van der Waals surface area contributed by atoms with Crippen molar-refractivity contribution in [2.75, 3.05) is 12.3 Å². The summed E-state index contributed by atoms with van der Waals surface area (Å²) in [4.78, 5) is 74.1. The molecule has 20 heteroatoms. The lowest BCUT2D eigenvalue weighted by atomic mass is 10.0. The molecule has 0 saturated carbocycles. The van der Waals surface area contributed by atoms with Gasteiger partial charge in [0.15, 0.2) is 11.4 Å². The Morgan fingerprint density at radius 3 is 2.09 bits per heavy atom. The van der Waals surface area contributed by atoms with Crippen LogP contribution in [0.1, 0.15) is 50.8 Å². The highest BCUT2D eigenvalue weighted by atomic mass is 32.2. The Kier molecular flexibility index (Phi) is 20.1. The molecule has 1 aromatic heterocycles. The molecule has 2 amide bonds. The molecule has 1 fully saturated rings. The normalized spacial score (nSPS) is 20.7. The van der Waals surface area contributed by atoms with Crippen LogP contribution in [0.5, 0.6) is 0 Å². The van der Waals surface area contributed by atoms with E-state index in [1.54, 1.807) is 20.0 Å². The maximum atomic E-state index is 13.1. The summed E-state index contributed by atoms with van der Waals surface area (Å²) in [7, 11) is -4.83. The van der Waals surface area contributed by atoms with Crippen LogP contribution < -0.4 is 15.7 Å². The summed E-state index contributed by atoms with van der Waals surface area (Å²) in [6.45, 7) is 6.35. The molecule has 0 radical (unpaired) electrons. The molecule has 0 aliphatic carbocycles. The number of para-hydroxylation sites is 1. The average Bonchev–Trinajstić information content (AvgIpc) is 3.67. The number of hydrogen-bond donors (Lipinski definition) is 9. The number of aromatic amines is 1. The zero-order chi connectivity index (χ0) is 47.0. The van der Waals surface area contributed by atoms with Crippen molar-refractivity contribution >= 4 is 59.3 Å². The Bertz CT molecular complexity index is 2200. The first-order valence-electron chi connectivity index (χ1n) is 20.5. The van der Waals surface area contributed by atoms with Gasteiger partial charge in [0, 0.05) is 36.2 Å². The zero-order valence-corrected chi connectivity index (χ0v) is 37.6. The number of hydrogen-bond acceptors (Lipinski definition) is 13. The van der Waals surface area contributed by atoms with Crippen molar-refractivity contribution in [3.05, 3.63) is 108 Å². The van der Waals surface area contributed by atoms with Crippen LogP contribution in [0.4, 0.5) is 0 Å². The second-order valence-corrected chi connectivity index (χ2v) is 18.3. The minimum atomic E-state index is -4.83. The van der Waals surface area contributed by atoms with E-state index in [4.69, 9.17) is 14.0 Å². The molecule has 5 rings (SSSR count). The van der Waals surface area contributed by atoms with Gasteiger partial charge in [-0.2, -0.15) is 0 Å². The Morgan fingerprint density at radius 2 is 1.47 bits per heavy atom. The molecule has 1 aliphatic rings. The molecule has 0 bridgehead atoms. The fourth-order valence-corrected chi connectivity index (χ4v) is 8.43. The molecule has 3 aromatic carbocycles. The standard InChI is InChI=1S/C23H34N3O10P.C21H23NO4S/c1-11(2)8-16(26-37(33,34)36-23-20(29)19(28)18(27)12(3)35-23)21(30)25-17(22(31)32)9-13-10-24-15-7-5-4-6-14(13)15;1-16(23)27-15-19(12-17-8-4-2-5-9-17)21(25)22-13-20(24)26-14-18-10-6-3-7-11-18/h4-7,10-12,16-20,23-24,27-29H,8-9H2,1-3H3,(H,25,30)(H,31,32)(H2,26,33,34);2-11,19H,12-15H2,1H3,(H,22,25)/t12-,16-,17-,18-,19+,20+,23-;19-/m01/s1. The highest BCUT2D eigenvalue weighted by Gasteiger charge is 2.46. The number of aliphatic hydroxyl groups is 3. The number of amides is 2. The lowest BCUT2D eigenvalue weighted by Gasteiger charge is -2.39. The number of carboxylic acid groups (broad SMARTS) is 1. The van der Waals surface area contributed by atoms with Crippen molar-refractivity contribution in [2.45, 2.75) is 96.4 Å². The average molecular weight is 929 g/mol. The Morgan fingerprint density at radius 1 is 0.844 bits per heavy atom. The summed E-state index contributed by atoms with van der Waals surface area (Å²) >= 11 is 1.11. The van der Waals surface area contributed by atoms with Crippen molar-refractivity contribution in [3.8, 4) is 0 Å². The van der Waals surface area contributed by atoms with E-state index in [1.165, 1.54) is 13.8 Å². The van der Waals surface area contributed by atoms with Crippen molar-refractivity contribution in [3.63, 3.8) is 0 Å². The van der Waals surface area contributed by atoms with Gasteiger partial charge in [0.05, 0.1) is 18.1 Å². The maximum absolute atomic E-state index is 13.1. The molecule has 1 saturated heterocycles. The first kappa shape index (κ1) is 51.7. The minimum Gasteiger partial charge on any atom is -0.480 e. The third-order valence-corrected chi connectivity index (χ3v) is 12.1. The van der Waals surface area contributed by atoms with E-state index in [1.807, 2.05) is 84.9 Å². The fourth-order valence-electron chi connectivity index (χ4n) is 6.59. The van der Waals surface area contributed by atoms with Crippen molar-refractivity contribution < 1.29 is 67.9 Å². The number of carbonyl (C=O) groups is 5. The highest BCUT2D eigenvalue weighted by Crippen LogP contribution is 2.42. The number of carbonyl (C=O) groups excluding carboxylic acids is 4. The molecule has 348 valence electrons. The lowest BCUT2D eigenvalue weighted by Crippen LogP contribution is -2.57. The number of ether oxygens (including phenoxy) is 2. The predicted octanol–water partition coefficient (Wildman–Crippen LogP) is 3.21. The minimum absolute atomic E-state index is 0.0347. The molecule has 9 atom stereocenters. The molecule has 1 unspecified atom stereocenters. The molecule has 4 aromatic rings. The lowest BCUT2D eigenvalue weighted by molar-refractivity contribution is -0.270. The molecule has 2 heterocycles. The number of H-pyrrole nitrogens is 1. The number of carboxylic acids is 1. The van der Waals surface area contributed by atoms with Crippen LogP contribution in [-0.2, 0) is 62.0 Å². The van der Waals surface area contributed by atoms with E-state index < -0.39 is 74.3 Å². The van der Waals surface area contributed by atoms with Crippen LogP contribution in [0.3, 0.4) is 0 Å². The second kappa shape index (κ2) is 24.9. The fraction of sp³-hybridized carbons (Fsp3) is 0.432. The van der Waals surface area contributed by atoms with E-state index >= 15 is 0 Å². The van der Waals surface area contributed by atoms with Crippen LogP contribution in [-0.4, -0.2) is 114 Å². The largest absolute Gasteiger partial charge is 0.480 e. The maximum Gasteiger partial charge on any atom is 0.406 e. The van der Waals surface area contributed by atoms with E-state index in [9.17, 15) is 53.9 Å². The van der Waals surface area contributed by atoms with Crippen LogP contribution in [0.2, 0.25) is 0 Å². The van der Waals surface area contributed by atoms with Crippen molar-refractivity contribution in [1.82, 2.24) is 20.7 Å². The van der Waals surface area contributed by atoms with Gasteiger partial charge in [-0.3, -0.25) is 23.7 Å². The number of rotatable bonds is 20. The van der Waals surface area contributed by atoms with E-state index in [-0.39, 0.29) is 42.9 Å². The van der Waals surface area contributed by atoms with Crippen LogP contribution in [0, 0.1) is 11.8 Å². The first-order valence-corrected chi connectivity index (χ1v) is 23.1. The SMILES string of the molecule is CC(=O)SC[C@@H](Cc1ccccc1)C(=O)NCC(=O)OCc1ccccc1.CC(C)C[C@H](NP(=O)(O)O[C@@H]1O[C@@H](C)[C@H](O)[C@@H](O)[C@H]1O)C(=O)N[C@@H](Cc1c[nH]c2ccccc12)C(=O)O. The van der Waals surface area contributed by atoms with Crippen molar-refractivity contribution in [1.29, 1.82) is 0 Å². The number of aromatic nitrogens is 1. The quantitative estimate of drug-likeness (QED) is 0.0455. The topological polar surface area (TPSA) is 283 Å². The van der Waals surface area contributed by atoms with Gasteiger partial charge in [0.25, 0.3) is 0 Å². The van der Waals surface area contributed by atoms with Gasteiger partial charge in [0.1, 0.15) is 37.5 Å². The molecular formula is C44H57N4O14PS. The number of aliphatic carboxylic acids is 1. The summed E-state index contributed by atoms with van der Waals surface area (Å²) in [5.74, 6) is -3.06. The highest BCUT2D eigenvalue weighted by molar-refractivity contribution is 8.13. The van der Waals surface area contributed by atoms with Gasteiger partial charge >= 0.3 is 19.7 Å². The number of thioether (sulfide) groups is 1. The predicted molar refractivity (Wildman–Crippen MR) is 237 cm³/mol. The third kappa shape index (κ3) is 16.6. The smallest absolute Gasteiger partial charge is 0.406 e. The molecule has 1 aliphatic heterocycles. The Hall–Kier alpha value is -4.95. The number of benzene rings is 3. The summed E-state index contributed by atoms with van der Waals surface area (Å²) < 4.78 is 28.2. The number of nitrogens with one attached hydrogen (secondary N) is 4. The molecule has 64 heavy (non-hydrogen) atoms. The molecule has 0 spiro atoms. The summed E-state index contributed by atoms with van der Waals surface area (Å²) in [5.41, 5.74) is 3.38. The Labute approximate surface area is 375 Å². The molecule has 9 N–H and O–H groups in total. The molecular weight excluding hydrogens is 872 g/mol. The number of aliphatic hydroxyl groups excluding tert-OH is 3. The Balaban J connectivity index is 0.000000295. The summed E-state index contributed by atoms with van der Waals surface area (Å²) in [6.07, 6.45) is -5.57. The van der Waals surface area contributed by atoms with E-state index in [0.29, 0.717) is 17.7 Å².